The summed E-state index contributed by atoms with van der Waals surface area (Å²) >= 11 is 0.192. The van der Waals surface area contributed by atoms with Gasteiger partial charge in [-0.2, -0.15) is 0 Å². The van der Waals surface area contributed by atoms with Crippen LogP contribution in [-0.4, -0.2) is 28.2 Å². The molecule has 0 spiro atoms. The van der Waals surface area contributed by atoms with Crippen molar-refractivity contribution in [3.63, 3.8) is 0 Å². The van der Waals surface area contributed by atoms with Crippen LogP contribution in [0.5, 0.6) is 0 Å². The van der Waals surface area contributed by atoms with E-state index in [0.29, 0.717) is 0 Å². The van der Waals surface area contributed by atoms with E-state index in [4.69, 9.17) is 0 Å². The van der Waals surface area contributed by atoms with Gasteiger partial charge in [-0.15, -0.1) is 0 Å². The molecule has 0 atom stereocenters. The Labute approximate surface area is 374 Å². The summed E-state index contributed by atoms with van der Waals surface area (Å²) in [6.07, 6.45) is 0. The Hall–Kier alpha value is -7.88. The topological polar surface area (TPSA) is 14.8 Å². The summed E-state index contributed by atoms with van der Waals surface area (Å²) in [4.78, 5) is 0. The number of aromatic nitrogens is 3. The average molecular weight is 879 g/mol. The zero-order chi connectivity index (χ0) is 41.9. The molecule has 298 valence electrons. The Morgan fingerprint density at radius 1 is 0.250 bits per heavy atom. The quantitative estimate of drug-likeness (QED) is 0.153. The molecule has 4 aromatic heterocycles. The second-order valence-electron chi connectivity index (χ2n) is 16.9. The van der Waals surface area contributed by atoms with Gasteiger partial charge in [0.2, 0.25) is 0 Å². The fourth-order valence-electron chi connectivity index (χ4n) is 10.6. The summed E-state index contributed by atoms with van der Waals surface area (Å²) in [6, 6.07) is 83.2. The van der Waals surface area contributed by atoms with Crippen molar-refractivity contribution in [2.24, 2.45) is 0 Å². The number of rotatable bonds is 5. The van der Waals surface area contributed by atoms with Crippen LogP contribution in [0.2, 0.25) is 0 Å². The van der Waals surface area contributed by atoms with E-state index in [-0.39, 0.29) is 14.5 Å². The number of benzene rings is 10. The predicted molar refractivity (Wildman–Crippen MR) is 272 cm³/mol. The molecule has 10 aromatic carbocycles. The van der Waals surface area contributed by atoms with Crippen LogP contribution in [0.15, 0.2) is 224 Å². The third-order valence-corrected chi connectivity index (χ3v) is 15.8. The molecule has 0 saturated carbocycles. The van der Waals surface area contributed by atoms with Crippen molar-refractivity contribution in [3.05, 3.63) is 224 Å². The van der Waals surface area contributed by atoms with Crippen LogP contribution in [0.4, 0.5) is 0 Å². The summed E-state index contributed by atoms with van der Waals surface area (Å²) in [6.45, 7) is 0. The molecule has 4 heteroatoms. The van der Waals surface area contributed by atoms with Gasteiger partial charge < -0.3 is 4.57 Å². The van der Waals surface area contributed by atoms with Crippen molar-refractivity contribution in [1.82, 2.24) is 13.7 Å². The van der Waals surface area contributed by atoms with Crippen LogP contribution in [0.25, 0.3) is 124 Å². The van der Waals surface area contributed by atoms with Gasteiger partial charge in [0.1, 0.15) is 0 Å². The maximum absolute atomic E-state index is 2.54. The van der Waals surface area contributed by atoms with Crippen molar-refractivity contribution < 1.29 is 0 Å². The zero-order valence-electron chi connectivity index (χ0n) is 34.6. The Bertz CT molecular complexity index is 4140. The van der Waals surface area contributed by atoms with E-state index < -0.39 is 0 Å². The molecule has 14 aromatic rings. The molecule has 0 aliphatic carbocycles. The fourth-order valence-corrected chi connectivity index (χ4v) is 13.1. The van der Waals surface area contributed by atoms with Crippen molar-refractivity contribution in [3.8, 4) is 39.3 Å². The Morgan fingerprint density at radius 3 is 1.28 bits per heavy atom. The summed E-state index contributed by atoms with van der Waals surface area (Å²) in [5.41, 5.74) is 15.7. The maximum atomic E-state index is 2.54. The number of hydrogen-bond acceptors (Lipinski definition) is 0. The first-order valence-electron chi connectivity index (χ1n) is 21.9. The third-order valence-electron chi connectivity index (χ3n) is 13.4. The average Bonchev–Trinajstić information content (AvgIpc) is 4.10. The van der Waals surface area contributed by atoms with Gasteiger partial charge in [-0.1, -0.05) is 42.5 Å². The summed E-state index contributed by atoms with van der Waals surface area (Å²) in [5, 5.41) is 10.2. The number of fused-ring (bicyclic) bond motifs is 12. The van der Waals surface area contributed by atoms with Crippen LogP contribution < -0.4 is 0 Å². The van der Waals surface area contributed by atoms with Crippen LogP contribution in [-0.2, 0) is 0 Å². The van der Waals surface area contributed by atoms with Gasteiger partial charge in [0.05, 0.1) is 11.0 Å². The van der Waals surface area contributed by atoms with Crippen LogP contribution in [0.1, 0.15) is 0 Å². The van der Waals surface area contributed by atoms with Gasteiger partial charge in [0, 0.05) is 16.5 Å². The molecule has 0 amide bonds. The van der Waals surface area contributed by atoms with E-state index in [1.54, 1.807) is 0 Å². The van der Waals surface area contributed by atoms with Gasteiger partial charge in [-0.3, -0.25) is 0 Å². The van der Waals surface area contributed by atoms with E-state index in [0.717, 1.165) is 11.4 Å². The molecule has 4 heterocycles. The van der Waals surface area contributed by atoms with Crippen molar-refractivity contribution in [1.29, 1.82) is 0 Å². The van der Waals surface area contributed by atoms with E-state index >= 15 is 0 Å². The molecule has 0 bridgehead atoms. The Kier molecular flexibility index (Phi) is 7.70. The molecular weight excluding hydrogens is 842 g/mol. The molecule has 0 saturated heterocycles. The van der Waals surface area contributed by atoms with E-state index in [9.17, 15) is 0 Å². The van der Waals surface area contributed by atoms with Gasteiger partial charge in [0.25, 0.3) is 0 Å². The first-order chi connectivity index (χ1) is 31.7. The monoisotopic (exact) mass is 879 g/mol. The molecule has 0 aliphatic rings. The molecule has 0 aliphatic heterocycles. The second kappa shape index (κ2) is 13.8. The second-order valence-corrected chi connectivity index (χ2v) is 19.2. The molecular formula is C60H37N3Se. The van der Waals surface area contributed by atoms with E-state index in [1.807, 2.05) is 0 Å². The van der Waals surface area contributed by atoms with Crippen molar-refractivity contribution in [2.45, 2.75) is 0 Å². The minimum atomic E-state index is 0.192. The SMILES string of the molecule is c1ccc(-c2cccc(-c3cc(-n4c5ccccc5c5cc(-n6c7ccccc7c7cc(-n8c9ccccc9c9ccccc98)ccc76)ccc54)c4c(c3)[se]c3ccccc34)c2)cc1. The zero-order valence-corrected chi connectivity index (χ0v) is 36.3. The van der Waals surface area contributed by atoms with Gasteiger partial charge in [-0.25, -0.2) is 0 Å². The normalized spacial score (nSPS) is 12.1. The number of para-hydroxylation sites is 4. The first-order valence-corrected chi connectivity index (χ1v) is 23.6. The molecule has 0 unspecified atom stereocenters. The standard InChI is InChI=1S/C60H37N3Se/c1-2-15-38(16-3-1)39-17-14-18-40(33-39)41-34-57(60-48-23-8-13-28-58(48)64-59(60)35-41)63-54-27-12-7-22-47(54)50-37-43(30-32-56(50)63)62-53-26-11-6-21-46(53)49-36-42(29-31-55(49)62)61-51-24-9-4-19-44(51)45-20-5-10-25-52(45)61/h1-37H. The molecule has 0 fully saturated rings. The summed E-state index contributed by atoms with van der Waals surface area (Å²) in [7, 11) is 0. The molecule has 0 N–H and O–H groups in total. The first kappa shape index (κ1) is 35.7. The fraction of sp³-hybridized carbons (Fsp3) is 0. The van der Waals surface area contributed by atoms with E-state index in [2.05, 4.69) is 238 Å². The van der Waals surface area contributed by atoms with Gasteiger partial charge >= 0.3 is 290 Å². The number of nitrogens with zero attached hydrogens (tertiary/aromatic N) is 3. The van der Waals surface area contributed by atoms with Crippen LogP contribution in [0, 0.1) is 0 Å². The Morgan fingerprint density at radius 2 is 0.688 bits per heavy atom. The van der Waals surface area contributed by atoms with Crippen molar-refractivity contribution >= 4 is 99.2 Å². The van der Waals surface area contributed by atoms with Gasteiger partial charge in [0.15, 0.2) is 0 Å². The predicted octanol–water partition coefficient (Wildman–Crippen LogP) is 15.7. The molecule has 64 heavy (non-hydrogen) atoms. The minimum absolute atomic E-state index is 0.192. The van der Waals surface area contributed by atoms with Crippen LogP contribution >= 0.6 is 0 Å². The van der Waals surface area contributed by atoms with Crippen LogP contribution in [0.3, 0.4) is 0 Å². The molecule has 0 radical (unpaired) electrons. The third kappa shape index (κ3) is 5.22. The molecule has 14 rings (SSSR count). The summed E-state index contributed by atoms with van der Waals surface area (Å²) < 4.78 is 10.3. The van der Waals surface area contributed by atoms with E-state index in [1.165, 1.54) is 113 Å². The molecule has 3 nitrogen and oxygen atoms in total. The van der Waals surface area contributed by atoms with Gasteiger partial charge in [-0.05, 0) is 12.1 Å². The summed E-state index contributed by atoms with van der Waals surface area (Å²) in [5.74, 6) is 0. The number of hydrogen-bond donors (Lipinski definition) is 0. The van der Waals surface area contributed by atoms with Crippen molar-refractivity contribution in [2.75, 3.05) is 0 Å². The Balaban J connectivity index is 0.991.